The van der Waals surface area contributed by atoms with Crippen molar-refractivity contribution in [3.63, 3.8) is 0 Å². The maximum Gasteiger partial charge on any atom is 1.00 e. The molecule has 2 heterocycles. The van der Waals surface area contributed by atoms with Gasteiger partial charge in [-0.25, -0.2) is 23.2 Å². The molecular formula is C14H17KN4O8S. The summed E-state index contributed by atoms with van der Waals surface area (Å²) in [6.07, 6.45) is 0.592. The number of carbonyl (C=O) groups is 2. The van der Waals surface area contributed by atoms with Gasteiger partial charge in [0.2, 0.25) is 0 Å². The van der Waals surface area contributed by atoms with Crippen LogP contribution in [0, 0.1) is 0 Å². The Hall–Kier alpha value is -1.20. The topological polar surface area (TPSA) is 226 Å². The van der Waals surface area contributed by atoms with Crippen molar-refractivity contribution in [1.82, 2.24) is 4.90 Å². The van der Waals surface area contributed by atoms with Gasteiger partial charge in [-0.15, -0.1) is 0 Å². The van der Waals surface area contributed by atoms with Gasteiger partial charge in [0.05, 0.1) is 4.90 Å². The van der Waals surface area contributed by atoms with E-state index in [1.54, 1.807) is 0 Å². The molecule has 0 unspecified atom stereocenters. The standard InChI is InChI=1S/C14H12N4O5S.K.3H2O/c1-2-7-18-13(19)10-12(17-14(18)20)16-11(15-10)8-3-5-9(6-4-8)24(21,22)23;;;;/h3-6H,2,7H2,1H3,(H,21,22,23);;3*1H2/q;+1;;;/p-1. The van der Waals surface area contributed by atoms with Crippen molar-refractivity contribution >= 4 is 39.4 Å². The van der Waals surface area contributed by atoms with Gasteiger partial charge in [-0.1, -0.05) is 6.92 Å². The Bertz CT molecular complexity index is 941. The molecule has 2 aliphatic rings. The van der Waals surface area contributed by atoms with Gasteiger partial charge >= 0.3 is 57.4 Å². The van der Waals surface area contributed by atoms with E-state index in [-0.39, 0.29) is 96.6 Å². The van der Waals surface area contributed by atoms with Crippen LogP contribution in [-0.2, 0) is 14.9 Å². The van der Waals surface area contributed by atoms with Crippen molar-refractivity contribution in [2.45, 2.75) is 18.2 Å². The second kappa shape index (κ2) is 11.1. The molecule has 3 rings (SSSR count). The Morgan fingerprint density at radius 1 is 0.964 bits per heavy atom. The van der Waals surface area contributed by atoms with Gasteiger partial charge in [-0.05, 0) is 30.7 Å². The van der Waals surface area contributed by atoms with Gasteiger partial charge in [-0.3, -0.25) is 9.69 Å². The largest absolute Gasteiger partial charge is 1.00 e. The minimum Gasteiger partial charge on any atom is -0.744 e. The number of hydrogen-bond donors (Lipinski definition) is 0. The number of urea groups is 1. The van der Waals surface area contributed by atoms with Gasteiger partial charge in [0.15, 0.2) is 17.4 Å². The minimum absolute atomic E-state index is 0. The van der Waals surface area contributed by atoms with Crippen molar-refractivity contribution < 1.29 is 90.4 Å². The third-order valence-electron chi connectivity index (χ3n) is 3.37. The van der Waals surface area contributed by atoms with Crippen LogP contribution >= 0.6 is 0 Å². The molecule has 28 heavy (non-hydrogen) atoms. The molecule has 0 saturated heterocycles. The summed E-state index contributed by atoms with van der Waals surface area (Å²) in [5.41, 5.74) is 0.368. The molecule has 0 fully saturated rings. The predicted octanol–water partition coefficient (Wildman–Crippen LogP) is -4.91. The number of nitrogens with zero attached hydrogens (tertiary/aromatic N) is 4. The number of amidine groups is 2. The van der Waals surface area contributed by atoms with Crippen molar-refractivity contribution in [2.24, 2.45) is 15.0 Å². The molecule has 12 nitrogen and oxygen atoms in total. The third-order valence-corrected chi connectivity index (χ3v) is 4.22. The number of imide groups is 1. The van der Waals surface area contributed by atoms with E-state index in [0.29, 0.717) is 12.0 Å². The van der Waals surface area contributed by atoms with E-state index in [1.807, 2.05) is 6.92 Å². The molecule has 0 aromatic heterocycles. The Morgan fingerprint density at radius 2 is 1.54 bits per heavy atom. The summed E-state index contributed by atoms with van der Waals surface area (Å²) in [6, 6.07) is 4.26. The summed E-state index contributed by atoms with van der Waals surface area (Å²) in [7, 11) is -4.55. The van der Waals surface area contributed by atoms with E-state index in [0.717, 1.165) is 17.0 Å². The SMILES string of the molecule is CCCN1C(=O)N=C2N=C(c3ccc(S(=O)(=O)[O-])cc3)N=C2C1=O.O.O.O.[K+]. The second-order valence-corrected chi connectivity index (χ2v) is 6.43. The average molecular weight is 440 g/mol. The molecule has 0 bridgehead atoms. The molecule has 148 valence electrons. The molecule has 0 saturated carbocycles. The smallest absolute Gasteiger partial charge is 0.744 e. The monoisotopic (exact) mass is 440 g/mol. The van der Waals surface area contributed by atoms with Crippen LogP contribution in [0.15, 0.2) is 44.1 Å². The number of fused-ring (bicyclic) bond motifs is 1. The van der Waals surface area contributed by atoms with Crippen LogP contribution in [0.3, 0.4) is 0 Å². The molecular weight excluding hydrogens is 423 g/mol. The summed E-state index contributed by atoms with van der Waals surface area (Å²) in [4.78, 5) is 36.6. The quantitative estimate of drug-likeness (QED) is 0.330. The van der Waals surface area contributed by atoms with Crippen LogP contribution in [0.5, 0.6) is 0 Å². The molecule has 2 aliphatic heterocycles. The molecule has 1 aromatic carbocycles. The fourth-order valence-corrected chi connectivity index (χ4v) is 2.71. The van der Waals surface area contributed by atoms with Crippen molar-refractivity contribution in [3.8, 4) is 0 Å². The van der Waals surface area contributed by atoms with Gasteiger partial charge in [-0.2, -0.15) is 4.99 Å². The summed E-state index contributed by atoms with van der Waals surface area (Å²) >= 11 is 0. The number of hydrogen-bond acceptors (Lipinski definition) is 7. The van der Waals surface area contributed by atoms with Gasteiger partial charge < -0.3 is 21.0 Å². The molecule has 6 N–H and O–H groups in total. The number of amides is 3. The van der Waals surface area contributed by atoms with E-state index < -0.39 is 22.1 Å². The van der Waals surface area contributed by atoms with E-state index in [1.165, 1.54) is 12.1 Å². The summed E-state index contributed by atoms with van der Waals surface area (Å²) < 4.78 is 32.8. The van der Waals surface area contributed by atoms with E-state index in [2.05, 4.69) is 15.0 Å². The first-order chi connectivity index (χ1) is 11.3. The summed E-state index contributed by atoms with van der Waals surface area (Å²) in [6.45, 7) is 2.06. The Labute approximate surface area is 202 Å². The Morgan fingerprint density at radius 3 is 2.04 bits per heavy atom. The molecule has 0 aliphatic carbocycles. The molecule has 3 amide bonds. The maximum absolute atomic E-state index is 12.3. The first kappa shape index (κ1) is 29.0. The molecule has 0 radical (unpaired) electrons. The van der Waals surface area contributed by atoms with Crippen molar-refractivity contribution in [3.05, 3.63) is 29.8 Å². The van der Waals surface area contributed by atoms with Crippen LogP contribution in [-0.4, -0.2) is 70.2 Å². The average Bonchev–Trinajstić information content (AvgIpc) is 2.95. The first-order valence-corrected chi connectivity index (χ1v) is 8.40. The number of carbonyl (C=O) groups excluding carboxylic acids is 2. The molecule has 0 spiro atoms. The molecule has 14 heteroatoms. The predicted molar refractivity (Wildman–Crippen MR) is 94.1 cm³/mol. The Kier molecular flexibility index (Phi) is 11.5. The van der Waals surface area contributed by atoms with Gasteiger partial charge in [0, 0.05) is 12.1 Å². The van der Waals surface area contributed by atoms with Crippen LogP contribution in [0.2, 0.25) is 0 Å². The van der Waals surface area contributed by atoms with Gasteiger partial charge in [0.1, 0.15) is 10.1 Å². The number of benzene rings is 1. The zero-order valence-electron chi connectivity index (χ0n) is 15.0. The van der Waals surface area contributed by atoms with Crippen molar-refractivity contribution in [2.75, 3.05) is 6.54 Å². The fraction of sp³-hybridized carbons (Fsp3) is 0.214. The fourth-order valence-electron chi connectivity index (χ4n) is 2.24. The summed E-state index contributed by atoms with van der Waals surface area (Å²) in [5.74, 6) is -0.504. The third kappa shape index (κ3) is 5.66. The maximum atomic E-state index is 12.3. The Balaban J connectivity index is 0. The first-order valence-electron chi connectivity index (χ1n) is 7.00. The second-order valence-electron chi connectivity index (χ2n) is 5.05. The van der Waals surface area contributed by atoms with E-state index >= 15 is 0 Å². The van der Waals surface area contributed by atoms with Gasteiger partial charge in [0.25, 0.3) is 5.91 Å². The molecule has 1 aromatic rings. The van der Waals surface area contributed by atoms with Crippen molar-refractivity contribution in [1.29, 1.82) is 0 Å². The van der Waals surface area contributed by atoms with Crippen LogP contribution < -0.4 is 51.4 Å². The number of aliphatic imine (C=N–C) groups is 3. The normalized spacial score (nSPS) is 14.9. The van der Waals surface area contributed by atoms with E-state index in [4.69, 9.17) is 0 Å². The van der Waals surface area contributed by atoms with E-state index in [9.17, 15) is 22.6 Å². The number of rotatable bonds is 4. The molecule has 0 atom stereocenters. The van der Waals surface area contributed by atoms with Crippen LogP contribution in [0.1, 0.15) is 18.9 Å². The summed E-state index contributed by atoms with van der Waals surface area (Å²) in [5, 5.41) is 0. The zero-order chi connectivity index (χ0) is 17.5. The minimum atomic E-state index is -4.55. The van der Waals surface area contributed by atoms with Crippen LogP contribution in [0.4, 0.5) is 4.79 Å². The van der Waals surface area contributed by atoms with Crippen LogP contribution in [0.25, 0.3) is 0 Å². The zero-order valence-corrected chi connectivity index (χ0v) is 18.9.